The Morgan fingerprint density at radius 1 is 0.654 bits per heavy atom. The van der Waals surface area contributed by atoms with Gasteiger partial charge in [0.25, 0.3) is 5.97 Å². The first kappa shape index (κ1) is 28.7. The molecule has 2 heteroatoms. The molecule has 1 N–H and O–H groups in total. The molecule has 0 heterocycles. The van der Waals surface area contributed by atoms with Crippen LogP contribution in [0.5, 0.6) is 0 Å². The Morgan fingerprint density at radius 2 is 0.846 bits per heavy atom. The van der Waals surface area contributed by atoms with E-state index in [9.17, 15) is 0 Å². The first-order valence-corrected chi connectivity index (χ1v) is 9.70. The lowest BCUT2D eigenvalue weighted by Crippen LogP contribution is -1.78. The third-order valence-corrected chi connectivity index (χ3v) is 2.50. The van der Waals surface area contributed by atoms with Crippen LogP contribution in [0, 0.1) is 0 Å². The van der Waals surface area contributed by atoms with Crippen molar-refractivity contribution in [3.8, 4) is 0 Å². The van der Waals surface area contributed by atoms with Crippen molar-refractivity contribution in [2.24, 2.45) is 0 Å². The van der Waals surface area contributed by atoms with Crippen LogP contribution in [0.25, 0.3) is 0 Å². The number of aryl methyl sites for hydroxylation is 2. The van der Waals surface area contributed by atoms with Crippen molar-refractivity contribution < 1.29 is 9.90 Å². The number of rotatable bonds is 2. The molecule has 0 saturated heterocycles. The summed E-state index contributed by atoms with van der Waals surface area (Å²) in [6, 6.07) is 20.9. The van der Waals surface area contributed by atoms with Gasteiger partial charge >= 0.3 is 0 Å². The molecular formula is C24H40O2. The maximum absolute atomic E-state index is 9.00. The molecular weight excluding hydrogens is 320 g/mol. The van der Waals surface area contributed by atoms with Crippen LogP contribution in [0.3, 0.4) is 0 Å². The van der Waals surface area contributed by atoms with E-state index >= 15 is 0 Å². The average Bonchev–Trinajstić information content (AvgIpc) is 2.64. The monoisotopic (exact) mass is 360 g/mol. The van der Waals surface area contributed by atoms with Crippen molar-refractivity contribution in [1.29, 1.82) is 0 Å². The summed E-state index contributed by atoms with van der Waals surface area (Å²) in [5.74, 6) is -0.833. The third-order valence-electron chi connectivity index (χ3n) is 2.50. The van der Waals surface area contributed by atoms with Gasteiger partial charge in [0.05, 0.1) is 0 Å². The molecule has 0 aromatic heterocycles. The van der Waals surface area contributed by atoms with Crippen LogP contribution in [0.4, 0.5) is 0 Å². The van der Waals surface area contributed by atoms with Crippen molar-refractivity contribution in [2.75, 3.05) is 0 Å². The minimum absolute atomic E-state index is 0.833. The number of hydrogen-bond acceptors (Lipinski definition) is 1. The summed E-state index contributed by atoms with van der Waals surface area (Å²) in [4.78, 5) is 9.00. The van der Waals surface area contributed by atoms with E-state index in [1.165, 1.54) is 24.0 Å². The van der Waals surface area contributed by atoms with Gasteiger partial charge in [0.1, 0.15) is 0 Å². The first-order chi connectivity index (χ1) is 12.4. The van der Waals surface area contributed by atoms with Gasteiger partial charge in [-0.1, -0.05) is 115 Å². The lowest BCUT2D eigenvalue weighted by Gasteiger charge is -1.89. The number of carboxylic acids is 1. The SMILES string of the molecule is CC(=O)O.CCC.CCC.CCc1ccccc1.CCc1ccccc1. The molecule has 0 radical (unpaired) electrons. The van der Waals surface area contributed by atoms with Crippen molar-refractivity contribution >= 4 is 5.97 Å². The van der Waals surface area contributed by atoms with E-state index in [4.69, 9.17) is 9.90 Å². The van der Waals surface area contributed by atoms with Gasteiger partial charge in [0.2, 0.25) is 0 Å². The number of hydrogen-bond donors (Lipinski definition) is 1. The molecule has 0 saturated carbocycles. The lowest BCUT2D eigenvalue weighted by molar-refractivity contribution is -0.134. The van der Waals surface area contributed by atoms with Crippen LogP contribution < -0.4 is 0 Å². The molecule has 2 rings (SSSR count). The summed E-state index contributed by atoms with van der Waals surface area (Å²) < 4.78 is 0. The van der Waals surface area contributed by atoms with E-state index in [0.717, 1.165) is 19.8 Å². The van der Waals surface area contributed by atoms with Crippen molar-refractivity contribution in [3.05, 3.63) is 71.8 Å². The predicted octanol–water partition coefficient (Wildman–Crippen LogP) is 7.42. The molecule has 0 aliphatic rings. The van der Waals surface area contributed by atoms with E-state index in [1.54, 1.807) is 0 Å². The van der Waals surface area contributed by atoms with E-state index in [-0.39, 0.29) is 0 Å². The second kappa shape index (κ2) is 25.2. The summed E-state index contributed by atoms with van der Waals surface area (Å²) in [6.07, 6.45) is 4.78. The van der Waals surface area contributed by atoms with E-state index in [1.807, 2.05) is 12.1 Å². The van der Waals surface area contributed by atoms with Gasteiger partial charge < -0.3 is 5.11 Å². The Kier molecular flexibility index (Phi) is 27.8. The first-order valence-electron chi connectivity index (χ1n) is 9.70. The molecule has 0 unspecified atom stereocenters. The molecule has 0 bridgehead atoms. The van der Waals surface area contributed by atoms with Crippen LogP contribution in [-0.4, -0.2) is 11.1 Å². The fraction of sp³-hybridized carbons (Fsp3) is 0.458. The van der Waals surface area contributed by atoms with Crippen molar-refractivity contribution in [2.45, 2.75) is 74.1 Å². The molecule has 2 aromatic carbocycles. The topological polar surface area (TPSA) is 37.3 Å². The van der Waals surface area contributed by atoms with Gasteiger partial charge in [-0.05, 0) is 24.0 Å². The van der Waals surface area contributed by atoms with Gasteiger partial charge in [-0.25, -0.2) is 0 Å². The highest BCUT2D eigenvalue weighted by atomic mass is 16.4. The molecule has 0 aliphatic carbocycles. The van der Waals surface area contributed by atoms with Crippen LogP contribution in [0.1, 0.15) is 72.4 Å². The fourth-order valence-electron chi connectivity index (χ4n) is 1.43. The maximum atomic E-state index is 9.00. The zero-order valence-corrected chi connectivity index (χ0v) is 18.0. The minimum Gasteiger partial charge on any atom is -0.481 e. The Labute approximate surface area is 162 Å². The number of carboxylic acid groups (broad SMARTS) is 1. The van der Waals surface area contributed by atoms with Crippen LogP contribution >= 0.6 is 0 Å². The number of aliphatic carboxylic acids is 1. The summed E-state index contributed by atoms with van der Waals surface area (Å²) in [6.45, 7) is 13.9. The van der Waals surface area contributed by atoms with Crippen LogP contribution in [0.2, 0.25) is 0 Å². The molecule has 26 heavy (non-hydrogen) atoms. The largest absolute Gasteiger partial charge is 0.481 e. The Balaban J connectivity index is -0.000000276. The highest BCUT2D eigenvalue weighted by molar-refractivity contribution is 5.62. The third kappa shape index (κ3) is 29.9. The molecule has 0 atom stereocenters. The molecule has 0 spiro atoms. The molecule has 0 fully saturated rings. The zero-order chi connectivity index (χ0) is 20.6. The van der Waals surface area contributed by atoms with E-state index in [0.29, 0.717) is 0 Å². The molecule has 2 aromatic rings. The smallest absolute Gasteiger partial charge is 0.300 e. The summed E-state index contributed by atoms with van der Waals surface area (Å²) in [5.41, 5.74) is 2.82. The molecule has 148 valence electrons. The fourth-order valence-corrected chi connectivity index (χ4v) is 1.43. The van der Waals surface area contributed by atoms with Gasteiger partial charge in [-0.2, -0.15) is 0 Å². The number of carbonyl (C=O) groups is 1. The second-order valence-electron chi connectivity index (χ2n) is 5.61. The summed E-state index contributed by atoms with van der Waals surface area (Å²) >= 11 is 0. The lowest BCUT2D eigenvalue weighted by atomic mass is 10.2. The zero-order valence-electron chi connectivity index (χ0n) is 18.0. The van der Waals surface area contributed by atoms with Gasteiger partial charge in [0.15, 0.2) is 0 Å². The van der Waals surface area contributed by atoms with E-state index in [2.05, 4.69) is 90.1 Å². The minimum atomic E-state index is -0.833. The molecule has 2 nitrogen and oxygen atoms in total. The average molecular weight is 361 g/mol. The van der Waals surface area contributed by atoms with Gasteiger partial charge in [0, 0.05) is 6.92 Å². The van der Waals surface area contributed by atoms with Crippen molar-refractivity contribution in [1.82, 2.24) is 0 Å². The van der Waals surface area contributed by atoms with Gasteiger partial charge in [-0.15, -0.1) is 0 Å². The highest BCUT2D eigenvalue weighted by Crippen LogP contribution is 1.97. The second-order valence-corrected chi connectivity index (χ2v) is 5.61. The van der Waals surface area contributed by atoms with Gasteiger partial charge in [-0.3, -0.25) is 4.79 Å². The van der Waals surface area contributed by atoms with Crippen LogP contribution in [-0.2, 0) is 17.6 Å². The Bertz CT molecular complexity index is 433. The normalized spacial score (nSPS) is 7.96. The predicted molar refractivity (Wildman–Crippen MR) is 117 cm³/mol. The quantitative estimate of drug-likeness (QED) is 0.605. The molecule has 0 amide bonds. The highest BCUT2D eigenvalue weighted by Gasteiger charge is 1.80. The van der Waals surface area contributed by atoms with E-state index < -0.39 is 5.97 Å². The van der Waals surface area contributed by atoms with Crippen LogP contribution in [0.15, 0.2) is 60.7 Å². The summed E-state index contributed by atoms with van der Waals surface area (Å²) in [7, 11) is 0. The number of benzene rings is 2. The summed E-state index contributed by atoms with van der Waals surface area (Å²) in [5, 5.41) is 7.42. The molecule has 0 aliphatic heterocycles. The maximum Gasteiger partial charge on any atom is 0.300 e. The van der Waals surface area contributed by atoms with Crippen molar-refractivity contribution in [3.63, 3.8) is 0 Å². The Hall–Kier alpha value is -2.09. The standard InChI is InChI=1S/2C8H10.2C3H8.C2H4O2/c2*1-2-8-6-4-3-5-7-8;2*1-3-2;1-2(3)4/h2*3-7H,2H2,1H3;2*3H2,1-2H3;1H3,(H,3,4). The Morgan fingerprint density at radius 3 is 0.962 bits per heavy atom.